The van der Waals surface area contributed by atoms with Crippen LogP contribution in [0.2, 0.25) is 0 Å². The van der Waals surface area contributed by atoms with E-state index in [9.17, 15) is 4.79 Å². The molecule has 10 nitrogen and oxygen atoms in total. The van der Waals surface area contributed by atoms with Gasteiger partial charge in [0.25, 0.3) is 5.91 Å². The Morgan fingerprint density at radius 3 is 2.45 bits per heavy atom. The van der Waals surface area contributed by atoms with Gasteiger partial charge in [0, 0.05) is 64.8 Å². The predicted octanol–water partition coefficient (Wildman–Crippen LogP) is -0.0269. The van der Waals surface area contributed by atoms with Crippen molar-refractivity contribution < 1.29 is 9.53 Å². The van der Waals surface area contributed by atoms with E-state index in [4.69, 9.17) is 4.74 Å². The third-order valence-corrected chi connectivity index (χ3v) is 5.12. The lowest BCUT2D eigenvalue weighted by Gasteiger charge is -2.34. The molecule has 0 aromatic carbocycles. The molecule has 0 spiro atoms. The molecule has 1 amide bonds. The molecule has 2 aliphatic heterocycles. The van der Waals surface area contributed by atoms with Crippen LogP contribution in [0.1, 0.15) is 10.5 Å². The Hall–Kier alpha value is -2.85. The highest BCUT2D eigenvalue weighted by atomic mass is 16.5. The van der Waals surface area contributed by atoms with Gasteiger partial charge in [-0.3, -0.25) is 9.69 Å². The lowest BCUT2D eigenvalue weighted by Crippen LogP contribution is -2.49. The largest absolute Gasteiger partial charge is 0.379 e. The molecule has 0 saturated carbocycles. The SMILES string of the molecule is O=C(c1ccc(NCCN2CCOCC2)nn1)N1CCN(c2ncccn2)CC1. The minimum atomic E-state index is -0.0917. The molecule has 0 atom stereocenters. The van der Waals surface area contributed by atoms with E-state index in [1.54, 1.807) is 29.4 Å². The van der Waals surface area contributed by atoms with Crippen LogP contribution in [0, 0.1) is 0 Å². The lowest BCUT2D eigenvalue weighted by atomic mass is 10.2. The second kappa shape index (κ2) is 9.57. The minimum absolute atomic E-state index is 0.0917. The number of carbonyl (C=O) groups excluding carboxylic acids is 1. The maximum absolute atomic E-state index is 12.7. The van der Waals surface area contributed by atoms with Gasteiger partial charge in [0.1, 0.15) is 5.82 Å². The Labute approximate surface area is 169 Å². The van der Waals surface area contributed by atoms with E-state index < -0.39 is 0 Å². The van der Waals surface area contributed by atoms with Crippen molar-refractivity contribution in [2.24, 2.45) is 0 Å². The number of aromatic nitrogens is 4. The van der Waals surface area contributed by atoms with Crippen LogP contribution in [0.25, 0.3) is 0 Å². The Balaban J connectivity index is 1.24. The molecule has 0 bridgehead atoms. The predicted molar refractivity (Wildman–Crippen MR) is 108 cm³/mol. The first-order valence-electron chi connectivity index (χ1n) is 9.98. The average molecular weight is 398 g/mol. The summed E-state index contributed by atoms with van der Waals surface area (Å²) in [7, 11) is 0. The number of carbonyl (C=O) groups is 1. The molecule has 1 N–H and O–H groups in total. The van der Waals surface area contributed by atoms with Crippen LogP contribution in [-0.2, 0) is 4.74 Å². The summed E-state index contributed by atoms with van der Waals surface area (Å²) in [5.74, 6) is 1.29. The second-order valence-electron chi connectivity index (χ2n) is 7.01. The quantitative estimate of drug-likeness (QED) is 0.719. The normalized spacial score (nSPS) is 17.9. The minimum Gasteiger partial charge on any atom is -0.379 e. The Bertz CT molecular complexity index is 775. The van der Waals surface area contributed by atoms with E-state index >= 15 is 0 Å². The third-order valence-electron chi connectivity index (χ3n) is 5.12. The summed E-state index contributed by atoms with van der Waals surface area (Å²) in [5, 5.41) is 11.5. The molecule has 0 aliphatic carbocycles. The van der Waals surface area contributed by atoms with Crippen molar-refractivity contribution in [1.29, 1.82) is 0 Å². The fourth-order valence-corrected chi connectivity index (χ4v) is 3.43. The molecule has 2 aliphatic rings. The van der Waals surface area contributed by atoms with E-state index in [0.717, 1.165) is 39.4 Å². The van der Waals surface area contributed by atoms with E-state index in [-0.39, 0.29) is 5.91 Å². The highest BCUT2D eigenvalue weighted by Gasteiger charge is 2.24. The Morgan fingerprint density at radius 2 is 1.76 bits per heavy atom. The summed E-state index contributed by atoms with van der Waals surface area (Å²) < 4.78 is 5.35. The van der Waals surface area contributed by atoms with E-state index in [1.165, 1.54) is 0 Å². The second-order valence-corrected chi connectivity index (χ2v) is 7.01. The zero-order chi connectivity index (χ0) is 19.9. The fraction of sp³-hybridized carbons (Fsp3) is 0.526. The van der Waals surface area contributed by atoms with Crippen molar-refractivity contribution in [2.45, 2.75) is 0 Å². The summed E-state index contributed by atoms with van der Waals surface area (Å²) in [5.41, 5.74) is 0.369. The molecule has 0 unspecified atom stereocenters. The molecular formula is C19H26N8O2. The number of ether oxygens (including phenoxy) is 1. The number of rotatable bonds is 6. The summed E-state index contributed by atoms with van der Waals surface area (Å²) in [6.07, 6.45) is 3.46. The first-order chi connectivity index (χ1) is 14.3. The van der Waals surface area contributed by atoms with Gasteiger partial charge in [0.2, 0.25) is 5.95 Å². The summed E-state index contributed by atoms with van der Waals surface area (Å²) in [4.78, 5) is 27.5. The van der Waals surface area contributed by atoms with Crippen LogP contribution < -0.4 is 10.2 Å². The highest BCUT2D eigenvalue weighted by molar-refractivity contribution is 5.92. The number of morpholine rings is 1. The van der Waals surface area contributed by atoms with Gasteiger partial charge in [0.05, 0.1) is 13.2 Å². The van der Waals surface area contributed by atoms with Crippen molar-refractivity contribution in [3.63, 3.8) is 0 Å². The number of nitrogens with one attached hydrogen (secondary N) is 1. The molecule has 29 heavy (non-hydrogen) atoms. The van der Waals surface area contributed by atoms with Crippen molar-refractivity contribution in [3.05, 3.63) is 36.3 Å². The zero-order valence-corrected chi connectivity index (χ0v) is 16.4. The standard InChI is InChI=1S/C19H26N8O2/c28-18(26-8-10-27(11-9-26)19-21-4-1-5-22-19)16-2-3-17(24-23-16)20-6-7-25-12-14-29-15-13-25/h1-5H,6-15H2,(H,20,24). The van der Waals surface area contributed by atoms with E-state index in [2.05, 4.69) is 35.3 Å². The Kier molecular flexibility index (Phi) is 6.42. The van der Waals surface area contributed by atoms with Crippen LogP contribution >= 0.6 is 0 Å². The number of anilines is 2. The molecule has 2 fully saturated rings. The molecule has 2 saturated heterocycles. The first kappa shape index (κ1) is 19.5. The summed E-state index contributed by atoms with van der Waals surface area (Å²) >= 11 is 0. The molecule has 154 valence electrons. The van der Waals surface area contributed by atoms with Gasteiger partial charge in [0.15, 0.2) is 5.69 Å². The number of nitrogens with zero attached hydrogens (tertiary/aromatic N) is 7. The highest BCUT2D eigenvalue weighted by Crippen LogP contribution is 2.12. The molecule has 2 aromatic heterocycles. The van der Waals surface area contributed by atoms with Crippen LogP contribution in [-0.4, -0.2) is 101 Å². The van der Waals surface area contributed by atoms with Gasteiger partial charge in [-0.05, 0) is 18.2 Å². The molecule has 4 rings (SSSR count). The maximum atomic E-state index is 12.7. The number of amides is 1. The number of hydrogen-bond acceptors (Lipinski definition) is 9. The summed E-state index contributed by atoms with van der Waals surface area (Å²) in [6.45, 7) is 7.85. The van der Waals surface area contributed by atoms with Gasteiger partial charge >= 0.3 is 0 Å². The van der Waals surface area contributed by atoms with Crippen molar-refractivity contribution >= 4 is 17.7 Å². The molecular weight excluding hydrogens is 372 g/mol. The number of hydrogen-bond donors (Lipinski definition) is 1. The number of piperazine rings is 1. The first-order valence-corrected chi connectivity index (χ1v) is 9.98. The third kappa shape index (κ3) is 5.15. The maximum Gasteiger partial charge on any atom is 0.274 e. The van der Waals surface area contributed by atoms with Gasteiger partial charge < -0.3 is 19.9 Å². The average Bonchev–Trinajstić information content (AvgIpc) is 2.80. The van der Waals surface area contributed by atoms with Gasteiger partial charge in [-0.15, -0.1) is 10.2 Å². The molecule has 10 heteroatoms. The molecule has 2 aromatic rings. The van der Waals surface area contributed by atoms with Crippen LogP contribution in [0.3, 0.4) is 0 Å². The van der Waals surface area contributed by atoms with Crippen LogP contribution in [0.15, 0.2) is 30.6 Å². The zero-order valence-electron chi connectivity index (χ0n) is 16.4. The van der Waals surface area contributed by atoms with Gasteiger partial charge in [-0.2, -0.15) is 0 Å². The molecule has 4 heterocycles. The van der Waals surface area contributed by atoms with Crippen molar-refractivity contribution in [1.82, 2.24) is 30.0 Å². The lowest BCUT2D eigenvalue weighted by molar-refractivity contribution is 0.0398. The van der Waals surface area contributed by atoms with E-state index in [0.29, 0.717) is 43.6 Å². The van der Waals surface area contributed by atoms with Crippen LogP contribution in [0.4, 0.5) is 11.8 Å². The monoisotopic (exact) mass is 398 g/mol. The fourth-order valence-electron chi connectivity index (χ4n) is 3.43. The smallest absolute Gasteiger partial charge is 0.274 e. The molecule has 0 radical (unpaired) electrons. The summed E-state index contributed by atoms with van der Waals surface area (Å²) in [6, 6.07) is 5.34. The van der Waals surface area contributed by atoms with Crippen molar-refractivity contribution in [3.8, 4) is 0 Å². The Morgan fingerprint density at radius 1 is 1.00 bits per heavy atom. The topological polar surface area (TPSA) is 99.6 Å². The van der Waals surface area contributed by atoms with Crippen LogP contribution in [0.5, 0.6) is 0 Å². The van der Waals surface area contributed by atoms with Crippen molar-refractivity contribution in [2.75, 3.05) is 75.8 Å². The van der Waals surface area contributed by atoms with Gasteiger partial charge in [-0.1, -0.05) is 0 Å². The van der Waals surface area contributed by atoms with Gasteiger partial charge in [-0.25, -0.2) is 9.97 Å². The van der Waals surface area contributed by atoms with E-state index in [1.807, 2.05) is 6.07 Å².